The number of rotatable bonds is 2. The van der Waals surface area contributed by atoms with Crippen molar-refractivity contribution in [1.82, 2.24) is 10.2 Å². The number of benzene rings is 2. The summed E-state index contributed by atoms with van der Waals surface area (Å²) in [7, 11) is 0. The van der Waals surface area contributed by atoms with Gasteiger partial charge in [0.1, 0.15) is 5.82 Å². The predicted molar refractivity (Wildman–Crippen MR) is 96.2 cm³/mol. The summed E-state index contributed by atoms with van der Waals surface area (Å²) in [6.07, 6.45) is 0.135. The topological polar surface area (TPSA) is 61.4 Å². The van der Waals surface area contributed by atoms with E-state index in [0.29, 0.717) is 25.3 Å². The molecule has 2 amide bonds. The Morgan fingerprint density at radius 1 is 1.15 bits per heavy atom. The van der Waals surface area contributed by atoms with Crippen LogP contribution in [0.25, 0.3) is 0 Å². The molecule has 26 heavy (non-hydrogen) atoms. The Kier molecular flexibility index (Phi) is 4.42. The van der Waals surface area contributed by atoms with Crippen LogP contribution in [0.2, 0.25) is 0 Å². The summed E-state index contributed by atoms with van der Waals surface area (Å²) in [6.45, 7) is 1.77. The highest BCUT2D eigenvalue weighted by atomic mass is 19.1. The molecule has 4 rings (SSSR count). The molecule has 5 nitrogen and oxygen atoms in total. The molecule has 0 aromatic heterocycles. The van der Waals surface area contributed by atoms with Crippen molar-refractivity contribution in [1.29, 1.82) is 0 Å². The van der Waals surface area contributed by atoms with Crippen LogP contribution in [-0.4, -0.2) is 36.3 Å². The number of nitrogens with zero attached hydrogens (tertiary/aromatic N) is 1. The number of carbonyl (C=O) groups excluding carboxylic acids is 2. The number of amides is 2. The second-order valence-electron chi connectivity index (χ2n) is 6.70. The van der Waals surface area contributed by atoms with Gasteiger partial charge < -0.3 is 15.5 Å². The molecule has 0 saturated carbocycles. The van der Waals surface area contributed by atoms with E-state index in [-0.39, 0.29) is 30.1 Å². The molecule has 2 aliphatic heterocycles. The molecule has 2 N–H and O–H groups in total. The molecule has 2 atom stereocenters. The molecule has 2 unspecified atom stereocenters. The third kappa shape index (κ3) is 3.08. The number of hydrogen-bond donors (Lipinski definition) is 2. The van der Waals surface area contributed by atoms with Crippen LogP contribution in [-0.2, 0) is 9.59 Å². The minimum absolute atomic E-state index is 0.0805. The maximum Gasteiger partial charge on any atom is 0.231 e. The zero-order valence-electron chi connectivity index (χ0n) is 14.2. The van der Waals surface area contributed by atoms with Gasteiger partial charge in [-0.25, -0.2) is 4.39 Å². The monoisotopic (exact) mass is 353 g/mol. The smallest absolute Gasteiger partial charge is 0.231 e. The average molecular weight is 353 g/mol. The Morgan fingerprint density at radius 3 is 2.85 bits per heavy atom. The Hall–Kier alpha value is -2.73. The SMILES string of the molecule is O=C1CC(C(=O)N2CCNCC2c2cccc(F)c2)c2ccccc2N1. The number of piperazine rings is 1. The standard InChI is InChI=1S/C20H20FN3O2/c21-14-5-3-4-13(10-14)18-12-22-8-9-24(18)20(26)16-11-19(25)23-17-7-2-1-6-15(16)17/h1-7,10,16,18,22H,8-9,11-12H2,(H,23,25). The number of para-hydroxylation sites is 1. The fraction of sp³-hybridized carbons (Fsp3) is 0.300. The van der Waals surface area contributed by atoms with Crippen LogP contribution in [0.3, 0.4) is 0 Å². The van der Waals surface area contributed by atoms with E-state index in [1.54, 1.807) is 11.0 Å². The lowest BCUT2D eigenvalue weighted by atomic mass is 9.88. The van der Waals surface area contributed by atoms with E-state index in [2.05, 4.69) is 10.6 Å². The first-order valence-electron chi connectivity index (χ1n) is 8.79. The normalized spacial score (nSPS) is 22.5. The van der Waals surface area contributed by atoms with Gasteiger partial charge in [-0.3, -0.25) is 9.59 Å². The number of halogens is 1. The first-order valence-corrected chi connectivity index (χ1v) is 8.79. The predicted octanol–water partition coefficient (Wildman–Crippen LogP) is 2.42. The van der Waals surface area contributed by atoms with E-state index in [1.165, 1.54) is 12.1 Å². The van der Waals surface area contributed by atoms with E-state index in [4.69, 9.17) is 0 Å². The second-order valence-corrected chi connectivity index (χ2v) is 6.70. The van der Waals surface area contributed by atoms with Gasteiger partial charge in [-0.2, -0.15) is 0 Å². The van der Waals surface area contributed by atoms with Crippen LogP contribution in [0.4, 0.5) is 10.1 Å². The average Bonchev–Trinajstić information content (AvgIpc) is 2.67. The molecule has 0 spiro atoms. The Balaban J connectivity index is 1.67. The molecule has 2 aromatic rings. The third-order valence-electron chi connectivity index (χ3n) is 5.06. The van der Waals surface area contributed by atoms with Gasteiger partial charge in [0.25, 0.3) is 0 Å². The summed E-state index contributed by atoms with van der Waals surface area (Å²) in [5.41, 5.74) is 2.30. The molecule has 1 fully saturated rings. The van der Waals surface area contributed by atoms with Gasteiger partial charge in [0, 0.05) is 31.7 Å². The Morgan fingerprint density at radius 2 is 2.00 bits per heavy atom. The van der Waals surface area contributed by atoms with Crippen LogP contribution in [0.1, 0.15) is 29.5 Å². The summed E-state index contributed by atoms with van der Waals surface area (Å²) in [5.74, 6) is -1.06. The second kappa shape index (κ2) is 6.88. The number of carbonyl (C=O) groups is 2. The van der Waals surface area contributed by atoms with E-state index in [0.717, 1.165) is 11.1 Å². The zero-order chi connectivity index (χ0) is 18.1. The largest absolute Gasteiger partial charge is 0.333 e. The van der Waals surface area contributed by atoms with Crippen LogP contribution in [0.5, 0.6) is 0 Å². The zero-order valence-corrected chi connectivity index (χ0v) is 14.2. The van der Waals surface area contributed by atoms with Crippen molar-refractivity contribution in [3.05, 3.63) is 65.5 Å². The fourth-order valence-corrected chi connectivity index (χ4v) is 3.81. The van der Waals surface area contributed by atoms with Gasteiger partial charge in [0.2, 0.25) is 11.8 Å². The first kappa shape index (κ1) is 16.7. The van der Waals surface area contributed by atoms with Crippen molar-refractivity contribution in [3.63, 3.8) is 0 Å². The van der Waals surface area contributed by atoms with Crippen LogP contribution >= 0.6 is 0 Å². The molecule has 0 radical (unpaired) electrons. The van der Waals surface area contributed by atoms with Crippen LogP contribution < -0.4 is 10.6 Å². The van der Waals surface area contributed by atoms with Crippen molar-refractivity contribution in [2.45, 2.75) is 18.4 Å². The Bertz CT molecular complexity index is 854. The quantitative estimate of drug-likeness (QED) is 0.872. The minimum atomic E-state index is -0.505. The van der Waals surface area contributed by atoms with Crippen LogP contribution in [0.15, 0.2) is 48.5 Å². The molecule has 6 heteroatoms. The van der Waals surface area contributed by atoms with E-state index in [1.807, 2.05) is 30.3 Å². The maximum atomic E-state index is 13.7. The summed E-state index contributed by atoms with van der Waals surface area (Å²) in [5, 5.41) is 6.10. The van der Waals surface area contributed by atoms with Crippen molar-refractivity contribution in [2.24, 2.45) is 0 Å². The highest BCUT2D eigenvalue weighted by Crippen LogP contribution is 2.35. The number of fused-ring (bicyclic) bond motifs is 1. The lowest BCUT2D eigenvalue weighted by Gasteiger charge is -2.39. The minimum Gasteiger partial charge on any atom is -0.333 e. The molecule has 134 valence electrons. The van der Waals surface area contributed by atoms with Gasteiger partial charge in [0.15, 0.2) is 0 Å². The number of anilines is 1. The lowest BCUT2D eigenvalue weighted by molar-refractivity contribution is -0.138. The van der Waals surface area contributed by atoms with Gasteiger partial charge in [-0.05, 0) is 29.3 Å². The highest BCUT2D eigenvalue weighted by molar-refractivity contribution is 6.01. The van der Waals surface area contributed by atoms with Crippen LogP contribution in [0, 0.1) is 5.82 Å². The van der Waals surface area contributed by atoms with E-state index >= 15 is 0 Å². The molecule has 1 saturated heterocycles. The molecule has 2 aliphatic rings. The number of nitrogens with one attached hydrogen (secondary N) is 2. The first-order chi connectivity index (χ1) is 12.6. The molecule has 2 heterocycles. The molecule has 2 aromatic carbocycles. The summed E-state index contributed by atoms with van der Waals surface area (Å²) >= 11 is 0. The summed E-state index contributed by atoms with van der Waals surface area (Å²) in [6, 6.07) is 13.5. The highest BCUT2D eigenvalue weighted by Gasteiger charge is 2.37. The van der Waals surface area contributed by atoms with Crippen molar-refractivity contribution < 1.29 is 14.0 Å². The third-order valence-corrected chi connectivity index (χ3v) is 5.06. The van der Waals surface area contributed by atoms with Gasteiger partial charge in [-0.1, -0.05) is 30.3 Å². The van der Waals surface area contributed by atoms with E-state index in [9.17, 15) is 14.0 Å². The van der Waals surface area contributed by atoms with Crippen molar-refractivity contribution in [3.8, 4) is 0 Å². The summed E-state index contributed by atoms with van der Waals surface area (Å²) < 4.78 is 13.7. The van der Waals surface area contributed by atoms with Gasteiger partial charge in [-0.15, -0.1) is 0 Å². The molecule has 0 aliphatic carbocycles. The van der Waals surface area contributed by atoms with E-state index < -0.39 is 5.92 Å². The number of hydrogen-bond acceptors (Lipinski definition) is 3. The lowest BCUT2D eigenvalue weighted by Crippen LogP contribution is -2.50. The fourth-order valence-electron chi connectivity index (χ4n) is 3.81. The van der Waals surface area contributed by atoms with Gasteiger partial charge in [0.05, 0.1) is 12.0 Å². The van der Waals surface area contributed by atoms with Gasteiger partial charge >= 0.3 is 0 Å². The molecule has 0 bridgehead atoms. The Labute approximate surface area is 151 Å². The molecular weight excluding hydrogens is 333 g/mol. The van der Waals surface area contributed by atoms with Crippen molar-refractivity contribution in [2.75, 3.05) is 25.0 Å². The summed E-state index contributed by atoms with van der Waals surface area (Å²) in [4.78, 5) is 27.2. The molecular formula is C20H20FN3O2. The van der Waals surface area contributed by atoms with Crippen molar-refractivity contribution >= 4 is 17.5 Å². The maximum absolute atomic E-state index is 13.7.